The van der Waals surface area contributed by atoms with Crippen molar-refractivity contribution in [1.29, 1.82) is 0 Å². The average molecular weight is 409 g/mol. The number of pyridine rings is 1. The molecule has 0 aromatic carbocycles. The van der Waals surface area contributed by atoms with Crippen LogP contribution in [0.25, 0.3) is 5.57 Å². The van der Waals surface area contributed by atoms with E-state index >= 15 is 0 Å². The highest BCUT2D eigenvalue weighted by Gasteiger charge is 2.24. The maximum absolute atomic E-state index is 13.0. The van der Waals surface area contributed by atoms with E-state index in [4.69, 9.17) is 5.73 Å². The van der Waals surface area contributed by atoms with Gasteiger partial charge in [-0.3, -0.25) is 9.59 Å². The van der Waals surface area contributed by atoms with Gasteiger partial charge in [0.2, 0.25) is 0 Å². The van der Waals surface area contributed by atoms with Gasteiger partial charge in [0.1, 0.15) is 5.82 Å². The van der Waals surface area contributed by atoms with Crippen LogP contribution in [0.1, 0.15) is 28.8 Å². The molecule has 0 spiro atoms. The Labute approximate surface area is 176 Å². The zero-order chi connectivity index (χ0) is 21.1. The summed E-state index contributed by atoms with van der Waals surface area (Å²) in [6.45, 7) is 4.39. The van der Waals surface area contributed by atoms with E-state index in [0.29, 0.717) is 31.7 Å². The topological polar surface area (TPSA) is 104 Å². The Morgan fingerprint density at radius 1 is 1.17 bits per heavy atom. The number of fused-ring (bicyclic) bond motifs is 1. The predicted octanol–water partition coefficient (Wildman–Crippen LogP) is 0.957. The maximum atomic E-state index is 13.0. The van der Waals surface area contributed by atoms with Gasteiger partial charge in [-0.1, -0.05) is 12.2 Å². The number of aromatic nitrogens is 1. The van der Waals surface area contributed by atoms with Gasteiger partial charge in [-0.15, -0.1) is 0 Å². The number of nitrogens with zero attached hydrogens (tertiary/aromatic N) is 3. The monoisotopic (exact) mass is 408 g/mol. The Bertz CT molecular complexity index is 941. The number of likely N-dealkylation sites (N-methyl/N-ethyl adjacent to an activating group) is 1. The molecule has 0 saturated carbocycles. The normalized spacial score (nSPS) is 23.8. The first-order valence-electron chi connectivity index (χ1n) is 10.4. The molecule has 2 amide bonds. The second-order valence-electron chi connectivity index (χ2n) is 7.87. The SMILES string of the molecule is CN1CCN(C(=O)c2cnc3c(c2)C(C2=C/CCCNC(=O)\C(N)=C\2)=CCN3)CC1. The molecule has 0 radical (unpaired) electrons. The van der Waals surface area contributed by atoms with Gasteiger partial charge in [-0.05, 0) is 43.2 Å². The van der Waals surface area contributed by atoms with Crippen molar-refractivity contribution in [1.82, 2.24) is 20.1 Å². The fraction of sp³-hybridized carbons (Fsp3) is 0.409. The van der Waals surface area contributed by atoms with Crippen LogP contribution in [-0.2, 0) is 4.79 Å². The second-order valence-corrected chi connectivity index (χ2v) is 7.87. The molecule has 8 heteroatoms. The van der Waals surface area contributed by atoms with Crippen LogP contribution in [0, 0.1) is 0 Å². The van der Waals surface area contributed by atoms with Crippen molar-refractivity contribution < 1.29 is 9.59 Å². The van der Waals surface area contributed by atoms with Crippen LogP contribution < -0.4 is 16.4 Å². The van der Waals surface area contributed by atoms with Gasteiger partial charge in [-0.25, -0.2) is 4.98 Å². The van der Waals surface area contributed by atoms with Gasteiger partial charge in [0, 0.05) is 51.0 Å². The van der Waals surface area contributed by atoms with E-state index in [1.807, 2.05) is 11.0 Å². The summed E-state index contributed by atoms with van der Waals surface area (Å²) >= 11 is 0. The number of anilines is 1. The summed E-state index contributed by atoms with van der Waals surface area (Å²) in [4.78, 5) is 33.8. The summed E-state index contributed by atoms with van der Waals surface area (Å²) in [6, 6.07) is 1.90. The first kappa shape index (κ1) is 20.2. The molecule has 1 saturated heterocycles. The lowest BCUT2D eigenvalue weighted by atomic mass is 9.93. The molecule has 1 aromatic heterocycles. The summed E-state index contributed by atoms with van der Waals surface area (Å²) in [5, 5.41) is 6.08. The first-order valence-corrected chi connectivity index (χ1v) is 10.4. The Hall–Kier alpha value is -3.13. The maximum Gasteiger partial charge on any atom is 0.267 e. The molecular formula is C22H28N6O2. The number of nitrogens with two attached hydrogens (primary N) is 1. The Balaban J connectivity index is 1.66. The summed E-state index contributed by atoms with van der Waals surface area (Å²) in [5.41, 5.74) is 9.45. The second kappa shape index (κ2) is 8.71. The van der Waals surface area contributed by atoms with Crippen LogP contribution in [0.2, 0.25) is 0 Å². The number of nitrogens with one attached hydrogen (secondary N) is 2. The van der Waals surface area contributed by atoms with E-state index in [1.54, 1.807) is 12.3 Å². The van der Waals surface area contributed by atoms with E-state index < -0.39 is 0 Å². The van der Waals surface area contributed by atoms with Gasteiger partial charge in [0.05, 0.1) is 11.3 Å². The van der Waals surface area contributed by atoms with Crippen molar-refractivity contribution in [2.75, 3.05) is 51.6 Å². The summed E-state index contributed by atoms with van der Waals surface area (Å²) in [5.74, 6) is 0.482. The minimum atomic E-state index is -0.255. The van der Waals surface area contributed by atoms with Gasteiger partial charge in [0.25, 0.3) is 11.8 Å². The average Bonchev–Trinajstić information content (AvgIpc) is 2.84. The smallest absolute Gasteiger partial charge is 0.267 e. The van der Waals surface area contributed by atoms with E-state index in [9.17, 15) is 9.59 Å². The Kier molecular flexibility index (Phi) is 5.85. The third-order valence-corrected chi connectivity index (χ3v) is 5.71. The molecule has 1 aromatic rings. The number of rotatable bonds is 2. The molecule has 158 valence electrons. The van der Waals surface area contributed by atoms with Gasteiger partial charge >= 0.3 is 0 Å². The minimum Gasteiger partial charge on any atom is -0.394 e. The molecule has 30 heavy (non-hydrogen) atoms. The number of carbonyl (C=O) groups excluding carboxylic acids is 2. The van der Waals surface area contributed by atoms with E-state index in [1.165, 1.54) is 0 Å². The van der Waals surface area contributed by atoms with E-state index in [0.717, 1.165) is 48.5 Å². The molecule has 3 aliphatic heterocycles. The fourth-order valence-electron chi connectivity index (χ4n) is 3.90. The van der Waals surface area contributed by atoms with E-state index in [2.05, 4.69) is 39.7 Å². The van der Waals surface area contributed by atoms with Crippen molar-refractivity contribution in [2.45, 2.75) is 12.8 Å². The predicted molar refractivity (Wildman–Crippen MR) is 117 cm³/mol. The van der Waals surface area contributed by atoms with Crippen LogP contribution in [-0.4, -0.2) is 72.9 Å². The van der Waals surface area contributed by atoms with Crippen molar-refractivity contribution in [3.8, 4) is 0 Å². The number of piperazine rings is 1. The summed E-state index contributed by atoms with van der Waals surface area (Å²) in [6.07, 6.45) is 9.19. The molecule has 0 aliphatic carbocycles. The third kappa shape index (κ3) is 4.23. The van der Waals surface area contributed by atoms with Crippen LogP contribution in [0.3, 0.4) is 0 Å². The first-order chi connectivity index (χ1) is 14.5. The number of carbonyl (C=O) groups is 2. The van der Waals surface area contributed by atoms with Gasteiger partial charge in [-0.2, -0.15) is 0 Å². The van der Waals surface area contributed by atoms with Crippen LogP contribution in [0.4, 0.5) is 5.82 Å². The lowest BCUT2D eigenvalue weighted by Crippen LogP contribution is -2.47. The van der Waals surface area contributed by atoms with Crippen molar-refractivity contribution in [2.24, 2.45) is 5.73 Å². The Morgan fingerprint density at radius 3 is 2.77 bits per heavy atom. The number of hydrogen-bond donors (Lipinski definition) is 3. The quantitative estimate of drug-likeness (QED) is 0.673. The Morgan fingerprint density at radius 2 is 1.97 bits per heavy atom. The molecule has 0 atom stereocenters. The third-order valence-electron chi connectivity index (χ3n) is 5.71. The van der Waals surface area contributed by atoms with Crippen molar-refractivity contribution in [3.63, 3.8) is 0 Å². The largest absolute Gasteiger partial charge is 0.394 e. The molecule has 8 nitrogen and oxygen atoms in total. The number of allylic oxidation sites excluding steroid dienone is 4. The lowest BCUT2D eigenvalue weighted by molar-refractivity contribution is -0.117. The molecule has 0 unspecified atom stereocenters. The van der Waals surface area contributed by atoms with E-state index in [-0.39, 0.29) is 17.5 Å². The molecule has 1 fully saturated rings. The van der Waals surface area contributed by atoms with Crippen LogP contribution >= 0.6 is 0 Å². The highest BCUT2D eigenvalue weighted by molar-refractivity contribution is 5.99. The molecular weight excluding hydrogens is 380 g/mol. The number of hydrogen-bond acceptors (Lipinski definition) is 6. The van der Waals surface area contributed by atoms with Crippen LogP contribution in [0.15, 0.2) is 41.8 Å². The van der Waals surface area contributed by atoms with Gasteiger partial charge < -0.3 is 26.2 Å². The molecule has 0 bridgehead atoms. The zero-order valence-electron chi connectivity index (χ0n) is 17.3. The van der Waals surface area contributed by atoms with Gasteiger partial charge in [0.15, 0.2) is 0 Å². The minimum absolute atomic E-state index is 0.00111. The molecule has 4 rings (SSSR count). The molecule has 3 aliphatic rings. The lowest BCUT2D eigenvalue weighted by Gasteiger charge is -2.32. The highest BCUT2D eigenvalue weighted by Crippen LogP contribution is 2.33. The highest BCUT2D eigenvalue weighted by atomic mass is 16.2. The van der Waals surface area contributed by atoms with Crippen LogP contribution in [0.5, 0.6) is 0 Å². The molecule has 4 heterocycles. The number of amides is 2. The molecule has 4 N–H and O–H groups in total. The van der Waals surface area contributed by atoms with Crippen molar-refractivity contribution in [3.05, 3.63) is 52.9 Å². The zero-order valence-corrected chi connectivity index (χ0v) is 17.3. The van der Waals surface area contributed by atoms with Crippen molar-refractivity contribution >= 4 is 23.2 Å². The fourth-order valence-corrected chi connectivity index (χ4v) is 3.90. The standard InChI is InChI=1S/C22H28N6O2/c1-27-8-10-28(11-9-27)22(30)16-12-18-17(5-7-24-20(18)26-14-16)15-4-2-3-6-25-21(29)19(23)13-15/h4-5,12-14H,2-3,6-11,23H2,1H3,(H,24,26)(H,25,29)/b15-4+,19-13-. The summed E-state index contributed by atoms with van der Waals surface area (Å²) < 4.78 is 0. The summed E-state index contributed by atoms with van der Waals surface area (Å²) in [7, 11) is 2.06.